The summed E-state index contributed by atoms with van der Waals surface area (Å²) >= 11 is 5.56. The fraction of sp³-hybridized carbons (Fsp3) is 0.200. The van der Waals surface area contributed by atoms with Crippen molar-refractivity contribution in [1.82, 2.24) is 0 Å². The van der Waals surface area contributed by atoms with Gasteiger partial charge >= 0.3 is 0 Å². The number of sulfone groups is 1. The number of hydrogen-bond donors (Lipinski definition) is 1. The molecule has 0 aliphatic rings. The number of hydrogen-bond acceptors (Lipinski definition) is 4. The van der Waals surface area contributed by atoms with Gasteiger partial charge in [0.2, 0.25) is 0 Å². The molecule has 20 heavy (non-hydrogen) atoms. The summed E-state index contributed by atoms with van der Waals surface area (Å²) in [6.07, 6.45) is 0.565. The van der Waals surface area contributed by atoms with Gasteiger partial charge < -0.3 is 0 Å². The van der Waals surface area contributed by atoms with Crippen molar-refractivity contribution in [3.05, 3.63) is 54.6 Å². The van der Waals surface area contributed by atoms with Crippen molar-refractivity contribution in [2.75, 3.05) is 11.5 Å². The Kier molecular flexibility index (Phi) is 5.57. The first-order chi connectivity index (χ1) is 9.63. The molecule has 0 N–H and O–H groups in total. The van der Waals surface area contributed by atoms with Crippen molar-refractivity contribution in [3.8, 4) is 0 Å². The zero-order valence-electron chi connectivity index (χ0n) is 10.9. The van der Waals surface area contributed by atoms with Crippen LogP contribution in [-0.2, 0) is 9.84 Å². The lowest BCUT2D eigenvalue weighted by atomic mass is 10.4. The van der Waals surface area contributed by atoms with E-state index in [2.05, 4.69) is 12.6 Å². The van der Waals surface area contributed by atoms with Crippen LogP contribution in [0.1, 0.15) is 6.42 Å². The monoisotopic (exact) mass is 324 g/mol. The van der Waals surface area contributed by atoms with Gasteiger partial charge in [-0.25, -0.2) is 8.42 Å². The van der Waals surface area contributed by atoms with Crippen molar-refractivity contribution < 1.29 is 8.42 Å². The second kappa shape index (κ2) is 7.20. The van der Waals surface area contributed by atoms with Crippen molar-refractivity contribution in [1.29, 1.82) is 0 Å². The summed E-state index contributed by atoms with van der Waals surface area (Å²) < 4.78 is 24.7. The van der Waals surface area contributed by atoms with E-state index >= 15 is 0 Å². The highest BCUT2D eigenvalue weighted by molar-refractivity contribution is 8.00. The molecule has 2 rings (SSSR count). The van der Waals surface area contributed by atoms with E-state index in [1.54, 1.807) is 12.1 Å². The molecule has 2 aromatic rings. The van der Waals surface area contributed by atoms with E-state index in [9.17, 15) is 8.42 Å². The van der Waals surface area contributed by atoms with Crippen molar-refractivity contribution in [3.63, 3.8) is 0 Å². The first-order valence-corrected chi connectivity index (χ1v) is 9.39. The summed E-state index contributed by atoms with van der Waals surface area (Å²) in [6.45, 7) is 0. The van der Waals surface area contributed by atoms with Crippen LogP contribution in [0.5, 0.6) is 0 Å². The van der Waals surface area contributed by atoms with Crippen LogP contribution in [0.15, 0.2) is 69.3 Å². The molecular weight excluding hydrogens is 308 g/mol. The van der Waals surface area contributed by atoms with E-state index in [0.717, 1.165) is 9.79 Å². The second-order valence-corrected chi connectivity index (χ2v) is 7.90. The third-order valence-corrected chi connectivity index (χ3v) is 6.11. The predicted molar refractivity (Wildman–Crippen MR) is 87.5 cm³/mol. The third kappa shape index (κ3) is 4.04. The van der Waals surface area contributed by atoms with E-state index in [4.69, 9.17) is 0 Å². The molecule has 0 aliphatic heterocycles. The Morgan fingerprint density at radius 3 is 2.30 bits per heavy atom. The Morgan fingerprint density at radius 2 is 1.60 bits per heavy atom. The van der Waals surface area contributed by atoms with Crippen LogP contribution in [0, 0.1) is 0 Å². The summed E-state index contributed by atoms with van der Waals surface area (Å²) in [5.74, 6) is 0.718. The fourth-order valence-corrected chi connectivity index (χ4v) is 4.92. The zero-order chi connectivity index (χ0) is 14.4. The van der Waals surface area contributed by atoms with E-state index in [-0.39, 0.29) is 5.75 Å². The van der Waals surface area contributed by atoms with Gasteiger partial charge in [0.1, 0.15) is 0 Å². The maximum absolute atomic E-state index is 12.4. The molecule has 0 atom stereocenters. The highest BCUT2D eigenvalue weighted by Gasteiger charge is 2.18. The van der Waals surface area contributed by atoms with E-state index < -0.39 is 9.84 Å². The second-order valence-electron chi connectivity index (χ2n) is 4.26. The van der Waals surface area contributed by atoms with Crippen molar-refractivity contribution >= 4 is 34.2 Å². The number of benzene rings is 2. The third-order valence-electron chi connectivity index (χ3n) is 2.73. The van der Waals surface area contributed by atoms with Gasteiger partial charge in [0.15, 0.2) is 9.84 Å². The highest BCUT2D eigenvalue weighted by Crippen LogP contribution is 2.33. The van der Waals surface area contributed by atoms with Crippen LogP contribution in [0.2, 0.25) is 0 Å². The van der Waals surface area contributed by atoms with E-state index in [1.165, 1.54) is 11.8 Å². The topological polar surface area (TPSA) is 34.1 Å². The van der Waals surface area contributed by atoms with Crippen LogP contribution >= 0.6 is 24.4 Å². The van der Waals surface area contributed by atoms with Crippen LogP contribution < -0.4 is 0 Å². The molecule has 0 saturated heterocycles. The average Bonchev–Trinajstić information content (AvgIpc) is 2.47. The molecule has 2 nitrogen and oxygen atoms in total. The Labute approximate surface area is 129 Å². The number of thiol groups is 1. The fourth-order valence-electron chi connectivity index (χ4n) is 1.77. The van der Waals surface area contributed by atoms with E-state index in [0.29, 0.717) is 17.1 Å². The summed E-state index contributed by atoms with van der Waals surface area (Å²) in [5, 5.41) is 0. The van der Waals surface area contributed by atoms with Crippen LogP contribution in [0.25, 0.3) is 0 Å². The molecule has 106 valence electrons. The molecule has 0 saturated carbocycles. The Balaban J connectivity index is 2.31. The molecule has 0 bridgehead atoms. The highest BCUT2D eigenvalue weighted by atomic mass is 32.2. The van der Waals surface area contributed by atoms with Crippen LogP contribution in [0.3, 0.4) is 0 Å². The van der Waals surface area contributed by atoms with Gasteiger partial charge in [-0.1, -0.05) is 42.1 Å². The van der Waals surface area contributed by atoms with E-state index in [1.807, 2.05) is 42.5 Å². The van der Waals surface area contributed by atoms with Gasteiger partial charge in [0.05, 0.1) is 10.6 Å². The SMILES string of the molecule is O=S(=O)(CCCS)c1ccccc1Sc1ccccc1. The lowest BCUT2D eigenvalue weighted by Crippen LogP contribution is -2.08. The maximum atomic E-state index is 12.4. The molecule has 0 radical (unpaired) electrons. The summed E-state index contributed by atoms with van der Waals surface area (Å²) in [6, 6.07) is 16.9. The average molecular weight is 324 g/mol. The van der Waals surface area contributed by atoms with Crippen molar-refractivity contribution in [2.45, 2.75) is 21.1 Å². The normalized spacial score (nSPS) is 11.4. The molecule has 0 amide bonds. The van der Waals surface area contributed by atoms with Gasteiger partial charge in [0, 0.05) is 9.79 Å². The number of rotatable bonds is 6. The minimum atomic E-state index is -3.24. The summed E-state index contributed by atoms with van der Waals surface area (Å²) in [5.41, 5.74) is 0. The standard InChI is InChI=1S/C15H16O2S3/c16-20(17,12-6-11-18)15-10-5-4-9-14(15)19-13-7-2-1-3-8-13/h1-5,7-10,18H,6,11-12H2. The minimum Gasteiger partial charge on any atom is -0.224 e. The molecule has 0 unspecified atom stereocenters. The Hall–Kier alpha value is -0.910. The molecular formula is C15H16O2S3. The molecule has 0 heterocycles. The Morgan fingerprint density at radius 1 is 0.950 bits per heavy atom. The first kappa shape index (κ1) is 15.5. The lowest BCUT2D eigenvalue weighted by molar-refractivity contribution is 0.593. The quantitative estimate of drug-likeness (QED) is 0.818. The van der Waals surface area contributed by atoms with Gasteiger partial charge in [-0.15, -0.1) is 0 Å². The molecule has 0 aliphatic carbocycles. The summed E-state index contributed by atoms with van der Waals surface area (Å²) in [7, 11) is -3.24. The molecule has 2 aromatic carbocycles. The minimum absolute atomic E-state index is 0.142. The van der Waals surface area contributed by atoms with Crippen LogP contribution in [-0.4, -0.2) is 19.9 Å². The van der Waals surface area contributed by atoms with Gasteiger partial charge in [-0.3, -0.25) is 0 Å². The van der Waals surface area contributed by atoms with Crippen LogP contribution in [0.4, 0.5) is 0 Å². The molecule has 0 fully saturated rings. The predicted octanol–water partition coefficient (Wildman–Crippen LogP) is 3.93. The first-order valence-electron chi connectivity index (χ1n) is 6.29. The molecule has 0 aromatic heterocycles. The maximum Gasteiger partial charge on any atom is 0.179 e. The van der Waals surface area contributed by atoms with Gasteiger partial charge in [0.25, 0.3) is 0 Å². The zero-order valence-corrected chi connectivity index (χ0v) is 13.4. The Bertz CT molecular complexity index is 652. The van der Waals surface area contributed by atoms with Crippen molar-refractivity contribution in [2.24, 2.45) is 0 Å². The van der Waals surface area contributed by atoms with Gasteiger partial charge in [-0.2, -0.15) is 12.6 Å². The lowest BCUT2D eigenvalue weighted by Gasteiger charge is -2.09. The molecule has 5 heteroatoms. The molecule has 0 spiro atoms. The summed E-state index contributed by atoms with van der Waals surface area (Å²) in [4.78, 5) is 2.22. The van der Waals surface area contributed by atoms with Gasteiger partial charge in [-0.05, 0) is 36.4 Å². The smallest absolute Gasteiger partial charge is 0.179 e. The largest absolute Gasteiger partial charge is 0.224 e.